The fourth-order valence-corrected chi connectivity index (χ4v) is 3.80. The number of halogens is 1. The van der Waals surface area contributed by atoms with Gasteiger partial charge in [-0.2, -0.15) is 5.10 Å². The molecule has 1 atom stereocenters. The van der Waals surface area contributed by atoms with Crippen molar-refractivity contribution in [3.63, 3.8) is 0 Å². The number of aromatic nitrogens is 2. The van der Waals surface area contributed by atoms with Gasteiger partial charge in [0.05, 0.1) is 15.9 Å². The topological polar surface area (TPSA) is 43.8 Å². The molecule has 0 amide bonds. The summed E-state index contributed by atoms with van der Waals surface area (Å²) in [5, 5.41) is 4.56. The maximum atomic E-state index is 6.53. The Morgan fingerprint density at radius 3 is 2.52 bits per heavy atom. The van der Waals surface area contributed by atoms with Gasteiger partial charge in [-0.25, -0.2) is 0 Å². The Morgan fingerprint density at radius 2 is 1.95 bits per heavy atom. The highest BCUT2D eigenvalue weighted by Gasteiger charge is 2.28. The van der Waals surface area contributed by atoms with Gasteiger partial charge in [-0.05, 0) is 59.7 Å². The zero-order chi connectivity index (χ0) is 15.0. The molecule has 0 saturated heterocycles. The number of aryl methyl sites for hydroxylation is 2. The smallest absolute Gasteiger partial charge is 0.0738 e. The van der Waals surface area contributed by atoms with E-state index in [-0.39, 0.29) is 6.04 Å². The first-order valence-corrected chi connectivity index (χ1v) is 8.43. The summed E-state index contributed by atoms with van der Waals surface area (Å²) in [4.78, 5) is 0. The molecule has 2 aromatic rings. The van der Waals surface area contributed by atoms with Gasteiger partial charge in [-0.15, -0.1) is 0 Å². The SMILES string of the molecule is CCn1nc(C)c(Br)c1CC(N)C1Cc2ccccc2C1. The summed E-state index contributed by atoms with van der Waals surface area (Å²) in [5.41, 5.74) is 11.8. The highest BCUT2D eigenvalue weighted by molar-refractivity contribution is 9.10. The molecule has 1 heterocycles. The fraction of sp³-hybridized carbons (Fsp3) is 0.471. The van der Waals surface area contributed by atoms with Gasteiger partial charge in [0.15, 0.2) is 0 Å². The van der Waals surface area contributed by atoms with Crippen LogP contribution in [0.1, 0.15) is 29.4 Å². The van der Waals surface area contributed by atoms with E-state index in [4.69, 9.17) is 5.73 Å². The number of hydrogen-bond acceptors (Lipinski definition) is 2. The van der Waals surface area contributed by atoms with Crippen molar-refractivity contribution in [1.29, 1.82) is 0 Å². The zero-order valence-corrected chi connectivity index (χ0v) is 14.2. The van der Waals surface area contributed by atoms with Gasteiger partial charge >= 0.3 is 0 Å². The molecule has 1 aliphatic carbocycles. The van der Waals surface area contributed by atoms with Crippen molar-refractivity contribution < 1.29 is 0 Å². The van der Waals surface area contributed by atoms with E-state index in [9.17, 15) is 0 Å². The number of fused-ring (bicyclic) bond motifs is 1. The summed E-state index contributed by atoms with van der Waals surface area (Å²) in [5.74, 6) is 0.537. The van der Waals surface area contributed by atoms with Crippen LogP contribution in [-0.4, -0.2) is 15.8 Å². The van der Waals surface area contributed by atoms with Crippen molar-refractivity contribution >= 4 is 15.9 Å². The molecule has 0 fully saturated rings. The monoisotopic (exact) mass is 347 g/mol. The standard InChI is InChI=1S/C17H22BrN3/c1-3-21-16(17(18)11(2)20-21)10-15(19)14-8-12-6-4-5-7-13(12)9-14/h4-7,14-15H,3,8-10,19H2,1-2H3. The van der Waals surface area contributed by atoms with E-state index in [0.29, 0.717) is 5.92 Å². The Balaban J connectivity index is 1.75. The van der Waals surface area contributed by atoms with Crippen molar-refractivity contribution in [3.05, 3.63) is 51.3 Å². The summed E-state index contributed by atoms with van der Waals surface area (Å²) in [6.07, 6.45) is 3.09. The molecule has 1 aromatic carbocycles. The minimum atomic E-state index is 0.176. The lowest BCUT2D eigenvalue weighted by Crippen LogP contribution is -2.33. The summed E-state index contributed by atoms with van der Waals surface area (Å²) >= 11 is 3.67. The van der Waals surface area contributed by atoms with E-state index < -0.39 is 0 Å². The average Bonchev–Trinajstić information content (AvgIpc) is 3.03. The van der Waals surface area contributed by atoms with Crippen LogP contribution in [0.5, 0.6) is 0 Å². The molecule has 1 aliphatic rings. The minimum absolute atomic E-state index is 0.176. The molecule has 1 unspecified atom stereocenters. The Hall–Kier alpha value is -1.13. The maximum Gasteiger partial charge on any atom is 0.0738 e. The maximum absolute atomic E-state index is 6.53. The van der Waals surface area contributed by atoms with E-state index in [2.05, 4.69) is 56.9 Å². The third-order valence-electron chi connectivity index (χ3n) is 4.57. The van der Waals surface area contributed by atoms with Crippen LogP contribution in [0.2, 0.25) is 0 Å². The van der Waals surface area contributed by atoms with E-state index in [1.165, 1.54) is 16.8 Å². The Labute approximate surface area is 134 Å². The summed E-state index contributed by atoms with van der Waals surface area (Å²) < 4.78 is 3.19. The molecule has 2 N–H and O–H groups in total. The Kier molecular flexibility index (Phi) is 4.18. The lowest BCUT2D eigenvalue weighted by Gasteiger charge is -2.19. The lowest BCUT2D eigenvalue weighted by atomic mass is 9.93. The van der Waals surface area contributed by atoms with Gasteiger partial charge in [0.1, 0.15) is 0 Å². The number of nitrogens with zero attached hydrogens (tertiary/aromatic N) is 2. The molecule has 21 heavy (non-hydrogen) atoms. The van der Waals surface area contributed by atoms with E-state index in [0.717, 1.165) is 36.0 Å². The van der Waals surface area contributed by atoms with Crippen molar-refractivity contribution in [2.75, 3.05) is 0 Å². The normalized spacial score (nSPS) is 16.2. The second-order valence-corrected chi connectivity index (χ2v) is 6.76. The molecular formula is C17H22BrN3. The van der Waals surface area contributed by atoms with Crippen LogP contribution in [0.25, 0.3) is 0 Å². The van der Waals surface area contributed by atoms with Crippen molar-refractivity contribution in [3.8, 4) is 0 Å². The third-order valence-corrected chi connectivity index (χ3v) is 5.60. The van der Waals surface area contributed by atoms with Crippen LogP contribution >= 0.6 is 15.9 Å². The van der Waals surface area contributed by atoms with Crippen LogP contribution < -0.4 is 5.73 Å². The van der Waals surface area contributed by atoms with Crippen LogP contribution in [0.3, 0.4) is 0 Å². The zero-order valence-electron chi connectivity index (χ0n) is 12.6. The Morgan fingerprint density at radius 1 is 1.33 bits per heavy atom. The number of rotatable bonds is 4. The Bertz CT molecular complexity index is 622. The summed E-state index contributed by atoms with van der Waals surface area (Å²) in [7, 11) is 0. The molecule has 3 nitrogen and oxygen atoms in total. The molecule has 0 bridgehead atoms. The summed E-state index contributed by atoms with van der Waals surface area (Å²) in [6.45, 7) is 5.05. The quantitative estimate of drug-likeness (QED) is 0.922. The fourth-order valence-electron chi connectivity index (χ4n) is 3.35. The van der Waals surface area contributed by atoms with Crippen molar-refractivity contribution in [2.45, 2.75) is 45.7 Å². The molecular weight excluding hydrogens is 326 g/mol. The lowest BCUT2D eigenvalue weighted by molar-refractivity contribution is 0.425. The number of hydrogen-bond donors (Lipinski definition) is 1. The summed E-state index contributed by atoms with van der Waals surface area (Å²) in [6, 6.07) is 8.89. The van der Waals surface area contributed by atoms with E-state index in [1.807, 2.05) is 6.92 Å². The minimum Gasteiger partial charge on any atom is -0.327 e. The van der Waals surface area contributed by atoms with E-state index in [1.54, 1.807) is 0 Å². The predicted octanol–water partition coefficient (Wildman–Crippen LogP) is 3.26. The number of nitrogens with two attached hydrogens (primary N) is 1. The van der Waals surface area contributed by atoms with E-state index >= 15 is 0 Å². The average molecular weight is 348 g/mol. The van der Waals surface area contributed by atoms with Gasteiger partial charge in [0, 0.05) is 19.0 Å². The predicted molar refractivity (Wildman–Crippen MR) is 89.4 cm³/mol. The first-order chi connectivity index (χ1) is 10.1. The highest BCUT2D eigenvalue weighted by atomic mass is 79.9. The molecule has 112 valence electrons. The molecule has 0 aliphatic heterocycles. The third kappa shape index (κ3) is 2.79. The van der Waals surface area contributed by atoms with Gasteiger partial charge in [0.2, 0.25) is 0 Å². The van der Waals surface area contributed by atoms with Crippen molar-refractivity contribution in [1.82, 2.24) is 9.78 Å². The van der Waals surface area contributed by atoms with Gasteiger partial charge in [-0.3, -0.25) is 4.68 Å². The first kappa shape index (κ1) is 14.8. The second-order valence-electron chi connectivity index (χ2n) is 5.97. The number of benzene rings is 1. The van der Waals surface area contributed by atoms with Crippen LogP contribution in [0.4, 0.5) is 0 Å². The van der Waals surface area contributed by atoms with Gasteiger partial charge in [0.25, 0.3) is 0 Å². The molecule has 0 radical (unpaired) electrons. The molecule has 3 rings (SSSR count). The van der Waals surface area contributed by atoms with Crippen LogP contribution in [-0.2, 0) is 25.8 Å². The van der Waals surface area contributed by atoms with Crippen LogP contribution in [0.15, 0.2) is 28.7 Å². The first-order valence-electron chi connectivity index (χ1n) is 7.64. The van der Waals surface area contributed by atoms with Crippen molar-refractivity contribution in [2.24, 2.45) is 11.7 Å². The molecule has 4 heteroatoms. The second kappa shape index (κ2) is 5.93. The van der Waals surface area contributed by atoms with Gasteiger partial charge < -0.3 is 5.73 Å². The van der Waals surface area contributed by atoms with Gasteiger partial charge in [-0.1, -0.05) is 24.3 Å². The molecule has 1 aromatic heterocycles. The molecule has 0 spiro atoms. The molecule has 0 saturated carbocycles. The van der Waals surface area contributed by atoms with Crippen LogP contribution in [0, 0.1) is 12.8 Å². The largest absolute Gasteiger partial charge is 0.327 e. The highest BCUT2D eigenvalue weighted by Crippen LogP contribution is 2.30.